The molecule has 0 aromatic heterocycles. The minimum absolute atomic E-state index is 0.311. The monoisotopic (exact) mass is 432 g/mol. The van der Waals surface area contributed by atoms with Crippen LogP contribution in [-0.2, 0) is 4.84 Å². The highest BCUT2D eigenvalue weighted by Crippen LogP contribution is 2.37. The van der Waals surface area contributed by atoms with Gasteiger partial charge in [-0.2, -0.15) is 0 Å². The Kier molecular flexibility index (Phi) is 6.58. The minimum Gasteiger partial charge on any atom is -0.298 e. The summed E-state index contributed by atoms with van der Waals surface area (Å²) in [5, 5.41) is 29.4. The molecule has 30 heavy (non-hydrogen) atoms. The number of carbonyl (C=O) groups is 1. The predicted octanol–water partition coefficient (Wildman–Crippen LogP) is 5.42. The fourth-order valence-corrected chi connectivity index (χ4v) is 3.44. The molecule has 0 radical (unpaired) electrons. The Bertz CT molecular complexity index is 1010. The van der Waals surface area contributed by atoms with E-state index in [1.165, 1.54) is 12.1 Å². The van der Waals surface area contributed by atoms with E-state index in [1.807, 2.05) is 0 Å². The van der Waals surface area contributed by atoms with Gasteiger partial charge in [-0.05, 0) is 49.6 Å². The van der Waals surface area contributed by atoms with Crippen molar-refractivity contribution in [3.8, 4) is 0 Å². The molecule has 2 aromatic rings. The van der Waals surface area contributed by atoms with Gasteiger partial charge in [-0.15, -0.1) is 0 Å². The molecule has 0 unspecified atom stereocenters. The van der Waals surface area contributed by atoms with Gasteiger partial charge in [0.2, 0.25) is 0 Å². The second kappa shape index (κ2) is 9.31. The van der Waals surface area contributed by atoms with Gasteiger partial charge in [0, 0.05) is 28.3 Å². The summed E-state index contributed by atoms with van der Waals surface area (Å²) in [7, 11) is 0. The van der Waals surface area contributed by atoms with Crippen LogP contribution < -0.4 is 5.32 Å². The van der Waals surface area contributed by atoms with Crippen molar-refractivity contribution in [3.05, 3.63) is 73.3 Å². The third-order valence-electron chi connectivity index (χ3n) is 4.71. The fourth-order valence-electron chi connectivity index (χ4n) is 3.31. The number of non-ortho nitro benzene ring substituents is 1. The number of anilines is 1. The van der Waals surface area contributed by atoms with E-state index in [9.17, 15) is 25.0 Å². The van der Waals surface area contributed by atoms with Gasteiger partial charge in [0.1, 0.15) is 0 Å². The second-order valence-corrected chi connectivity index (χ2v) is 7.09. The van der Waals surface area contributed by atoms with E-state index in [1.54, 1.807) is 24.3 Å². The van der Waals surface area contributed by atoms with Crippen LogP contribution in [0.4, 0.5) is 21.9 Å². The Morgan fingerprint density at radius 3 is 2.50 bits per heavy atom. The zero-order valence-corrected chi connectivity index (χ0v) is 16.4. The van der Waals surface area contributed by atoms with E-state index in [2.05, 4.69) is 10.5 Å². The largest absolute Gasteiger partial charge is 0.437 e. The van der Waals surface area contributed by atoms with Gasteiger partial charge in [0.25, 0.3) is 11.4 Å². The van der Waals surface area contributed by atoms with E-state index in [0.29, 0.717) is 34.8 Å². The van der Waals surface area contributed by atoms with Gasteiger partial charge in [-0.25, -0.2) is 4.79 Å². The lowest BCUT2D eigenvalue weighted by atomic mass is 9.81. The number of hydrogen-bond acceptors (Lipinski definition) is 7. The van der Waals surface area contributed by atoms with Gasteiger partial charge < -0.3 is 0 Å². The molecule has 10 nitrogen and oxygen atoms in total. The number of carbonyl (C=O) groups excluding carboxylic acids is 1. The molecule has 1 saturated carbocycles. The lowest BCUT2D eigenvalue weighted by molar-refractivity contribution is -0.394. The number of oxime groups is 1. The van der Waals surface area contributed by atoms with Crippen molar-refractivity contribution in [2.24, 2.45) is 5.16 Å². The number of benzene rings is 2. The van der Waals surface area contributed by atoms with Crippen molar-refractivity contribution in [1.82, 2.24) is 0 Å². The normalized spacial score (nSPS) is 17.4. The van der Waals surface area contributed by atoms with Gasteiger partial charge in [0.15, 0.2) is 0 Å². The molecule has 0 bridgehead atoms. The molecule has 0 spiro atoms. The van der Waals surface area contributed by atoms with Crippen molar-refractivity contribution in [3.63, 3.8) is 0 Å². The third-order valence-corrected chi connectivity index (χ3v) is 4.96. The number of amides is 1. The zero-order chi connectivity index (χ0) is 21.7. The summed E-state index contributed by atoms with van der Waals surface area (Å²) < 4.78 is 0. The highest BCUT2D eigenvalue weighted by atomic mass is 35.5. The smallest absolute Gasteiger partial charge is 0.298 e. The topological polar surface area (TPSA) is 137 Å². The molecule has 1 fully saturated rings. The standard InChI is InChI=1S/C19H17ClN4O6/c20-12-5-7-13(8-6-12)21-19(25)30-22-17-4-2-1-3-15(17)16-10-9-14(23(26)27)11-18(16)24(28)29/h5-11,15H,1-4H2,(H,21,25)/b22-17-/t15-/m0/s1. The molecule has 2 aromatic carbocycles. The first-order valence-electron chi connectivity index (χ1n) is 9.08. The number of nitro groups is 2. The summed E-state index contributed by atoms with van der Waals surface area (Å²) in [4.78, 5) is 38.1. The van der Waals surface area contributed by atoms with Crippen LogP contribution in [0.2, 0.25) is 5.02 Å². The average molecular weight is 433 g/mol. The average Bonchev–Trinajstić information content (AvgIpc) is 2.73. The van der Waals surface area contributed by atoms with E-state index in [4.69, 9.17) is 16.4 Å². The van der Waals surface area contributed by atoms with Crippen molar-refractivity contribution >= 4 is 40.5 Å². The van der Waals surface area contributed by atoms with Gasteiger partial charge in [-0.3, -0.25) is 30.4 Å². The number of hydrogen-bond donors (Lipinski definition) is 1. The molecule has 156 valence electrons. The first kappa shape index (κ1) is 21.2. The highest BCUT2D eigenvalue weighted by Gasteiger charge is 2.31. The Balaban J connectivity index is 1.80. The van der Waals surface area contributed by atoms with E-state index in [0.717, 1.165) is 18.9 Å². The molecule has 1 aliphatic rings. The fraction of sp³-hybridized carbons (Fsp3) is 0.263. The molecular formula is C19H17ClN4O6. The Morgan fingerprint density at radius 1 is 1.10 bits per heavy atom. The molecule has 1 atom stereocenters. The summed E-state index contributed by atoms with van der Waals surface area (Å²) in [5.41, 5.74) is 0.541. The summed E-state index contributed by atoms with van der Waals surface area (Å²) in [6, 6.07) is 9.94. The maximum absolute atomic E-state index is 12.0. The molecular weight excluding hydrogens is 416 g/mol. The molecule has 11 heteroatoms. The number of nitrogens with zero attached hydrogens (tertiary/aromatic N) is 3. The summed E-state index contributed by atoms with van der Waals surface area (Å²) in [6.45, 7) is 0. The summed E-state index contributed by atoms with van der Waals surface area (Å²) in [6.07, 6.45) is 1.83. The predicted molar refractivity (Wildman–Crippen MR) is 110 cm³/mol. The maximum Gasteiger partial charge on any atom is 0.437 e. The maximum atomic E-state index is 12.0. The number of halogens is 1. The number of nitrogens with one attached hydrogen (secondary N) is 1. The SMILES string of the molecule is O=C(Nc1ccc(Cl)cc1)O/N=C1/CCCC[C@H]1c1ccc([N+](=O)[O-])cc1[N+](=O)[O-]. The molecule has 0 saturated heterocycles. The van der Waals surface area contributed by atoms with E-state index in [-0.39, 0.29) is 11.4 Å². The van der Waals surface area contributed by atoms with Crippen molar-refractivity contribution in [2.75, 3.05) is 5.32 Å². The Labute approximate surface area is 175 Å². The second-order valence-electron chi connectivity index (χ2n) is 6.65. The van der Waals surface area contributed by atoms with Crippen LogP contribution in [0.25, 0.3) is 0 Å². The minimum atomic E-state index is -0.813. The molecule has 3 rings (SSSR count). The van der Waals surface area contributed by atoms with Crippen molar-refractivity contribution in [2.45, 2.75) is 31.6 Å². The summed E-state index contributed by atoms with van der Waals surface area (Å²) in [5.74, 6) is -0.469. The van der Waals surface area contributed by atoms with Crippen LogP contribution in [-0.4, -0.2) is 21.7 Å². The molecule has 0 heterocycles. The first-order chi connectivity index (χ1) is 14.3. The molecule has 1 N–H and O–H groups in total. The molecule has 1 amide bonds. The molecule has 0 aliphatic heterocycles. The van der Waals surface area contributed by atoms with E-state index >= 15 is 0 Å². The number of nitro benzene ring substituents is 2. The van der Waals surface area contributed by atoms with Crippen LogP contribution in [0.5, 0.6) is 0 Å². The van der Waals surface area contributed by atoms with Crippen molar-refractivity contribution in [1.29, 1.82) is 0 Å². The van der Waals surface area contributed by atoms with Gasteiger partial charge in [-0.1, -0.05) is 23.2 Å². The van der Waals surface area contributed by atoms with Crippen LogP contribution in [0, 0.1) is 20.2 Å². The Morgan fingerprint density at radius 2 is 1.83 bits per heavy atom. The van der Waals surface area contributed by atoms with Gasteiger partial charge in [0.05, 0.1) is 21.6 Å². The van der Waals surface area contributed by atoms with Crippen LogP contribution in [0.15, 0.2) is 47.6 Å². The van der Waals surface area contributed by atoms with Crippen molar-refractivity contribution < 1.29 is 19.5 Å². The Hall–Kier alpha value is -3.53. The quantitative estimate of drug-likeness (QED) is 0.380. The summed E-state index contributed by atoms with van der Waals surface area (Å²) >= 11 is 5.80. The van der Waals surface area contributed by atoms with E-state index < -0.39 is 21.9 Å². The number of rotatable bonds is 5. The third kappa shape index (κ3) is 5.09. The lowest BCUT2D eigenvalue weighted by Gasteiger charge is -2.23. The highest BCUT2D eigenvalue weighted by molar-refractivity contribution is 6.30. The first-order valence-corrected chi connectivity index (χ1v) is 9.46. The zero-order valence-electron chi connectivity index (χ0n) is 15.6. The lowest BCUT2D eigenvalue weighted by Crippen LogP contribution is -2.20. The van der Waals surface area contributed by atoms with Crippen LogP contribution >= 0.6 is 11.6 Å². The van der Waals surface area contributed by atoms with Crippen LogP contribution in [0.3, 0.4) is 0 Å². The molecule has 1 aliphatic carbocycles. The van der Waals surface area contributed by atoms with Crippen LogP contribution in [0.1, 0.15) is 37.2 Å². The van der Waals surface area contributed by atoms with Gasteiger partial charge >= 0.3 is 6.09 Å².